The molecule has 0 radical (unpaired) electrons. The number of nitrogens with zero attached hydrogens (tertiary/aromatic N) is 3. The zero-order chi connectivity index (χ0) is 18.1. The van der Waals surface area contributed by atoms with Gasteiger partial charge in [0.15, 0.2) is 0 Å². The van der Waals surface area contributed by atoms with Crippen molar-refractivity contribution >= 4 is 11.8 Å². The number of hydrogen-bond acceptors (Lipinski definition) is 3. The van der Waals surface area contributed by atoms with Crippen molar-refractivity contribution in [3.05, 3.63) is 65.5 Å². The van der Waals surface area contributed by atoms with Crippen LogP contribution in [0, 0.1) is 12.8 Å². The molecule has 0 N–H and O–H groups in total. The third kappa shape index (κ3) is 3.21. The fourth-order valence-electron chi connectivity index (χ4n) is 3.96. The van der Waals surface area contributed by atoms with Crippen LogP contribution in [0.5, 0.6) is 0 Å². The maximum absolute atomic E-state index is 12.9. The Morgan fingerprint density at radius 2 is 1.92 bits per heavy atom. The third-order valence-corrected chi connectivity index (χ3v) is 5.44. The van der Waals surface area contributed by atoms with Crippen LogP contribution in [-0.2, 0) is 11.3 Å². The highest BCUT2D eigenvalue weighted by atomic mass is 16.2. The Morgan fingerprint density at radius 1 is 1.12 bits per heavy atom. The molecule has 3 aliphatic heterocycles. The van der Waals surface area contributed by atoms with E-state index in [2.05, 4.69) is 4.98 Å². The number of piperidine rings is 1. The first-order chi connectivity index (χ1) is 12.6. The van der Waals surface area contributed by atoms with Crippen LogP contribution in [0.3, 0.4) is 0 Å². The molecule has 2 amide bonds. The van der Waals surface area contributed by atoms with Gasteiger partial charge >= 0.3 is 0 Å². The summed E-state index contributed by atoms with van der Waals surface area (Å²) in [6.07, 6.45) is 3.56. The molecular weight excluding hydrogens is 326 g/mol. The molecule has 134 valence electrons. The van der Waals surface area contributed by atoms with Gasteiger partial charge < -0.3 is 9.80 Å². The first-order valence-electron chi connectivity index (χ1n) is 9.18. The van der Waals surface area contributed by atoms with E-state index in [9.17, 15) is 9.59 Å². The molecule has 2 bridgehead atoms. The third-order valence-electron chi connectivity index (χ3n) is 5.44. The predicted molar refractivity (Wildman–Crippen MR) is 98.4 cm³/mol. The quantitative estimate of drug-likeness (QED) is 0.856. The summed E-state index contributed by atoms with van der Waals surface area (Å²) in [5.74, 6) is 0.0763. The first-order valence-corrected chi connectivity index (χ1v) is 9.18. The van der Waals surface area contributed by atoms with Gasteiger partial charge in [0.2, 0.25) is 5.91 Å². The number of rotatable bonds is 3. The van der Waals surface area contributed by atoms with Gasteiger partial charge in [0, 0.05) is 30.9 Å². The van der Waals surface area contributed by atoms with Crippen LogP contribution in [0.25, 0.3) is 0 Å². The number of aromatic nitrogens is 1. The number of benzene rings is 1. The van der Waals surface area contributed by atoms with Gasteiger partial charge in [-0.05, 0) is 44.0 Å². The van der Waals surface area contributed by atoms with Crippen molar-refractivity contribution in [3.8, 4) is 0 Å². The number of aryl methyl sites for hydroxylation is 1. The van der Waals surface area contributed by atoms with E-state index in [1.807, 2.05) is 59.2 Å². The molecule has 1 aromatic heterocycles. The van der Waals surface area contributed by atoms with Gasteiger partial charge in [-0.25, -0.2) is 0 Å². The number of amides is 2. The van der Waals surface area contributed by atoms with E-state index in [0.717, 1.165) is 24.1 Å². The minimum Gasteiger partial charge on any atom is -0.336 e. The molecule has 5 nitrogen and oxygen atoms in total. The van der Waals surface area contributed by atoms with Crippen LogP contribution in [0.15, 0.2) is 48.7 Å². The van der Waals surface area contributed by atoms with Gasteiger partial charge in [0.05, 0.1) is 18.2 Å². The Morgan fingerprint density at radius 3 is 2.65 bits per heavy atom. The summed E-state index contributed by atoms with van der Waals surface area (Å²) in [5, 5.41) is 0. The Kier molecular flexibility index (Phi) is 4.45. The van der Waals surface area contributed by atoms with E-state index < -0.39 is 0 Å². The van der Waals surface area contributed by atoms with Crippen molar-refractivity contribution in [2.75, 3.05) is 13.1 Å². The molecule has 4 heterocycles. The van der Waals surface area contributed by atoms with Crippen molar-refractivity contribution in [3.63, 3.8) is 0 Å². The van der Waals surface area contributed by atoms with Crippen molar-refractivity contribution < 1.29 is 9.59 Å². The maximum atomic E-state index is 12.9. The van der Waals surface area contributed by atoms with Crippen molar-refractivity contribution in [2.24, 2.45) is 5.92 Å². The lowest BCUT2D eigenvalue weighted by Gasteiger charge is -2.35. The molecule has 0 saturated carbocycles. The van der Waals surface area contributed by atoms with Gasteiger partial charge in [-0.1, -0.05) is 23.8 Å². The molecule has 2 atom stereocenters. The largest absolute Gasteiger partial charge is 0.336 e. The molecule has 1 aromatic carbocycles. The molecule has 5 rings (SSSR count). The molecular formula is C21H23N3O2. The lowest BCUT2D eigenvalue weighted by molar-refractivity contribution is -0.140. The average Bonchev–Trinajstić information content (AvgIpc) is 2.95. The zero-order valence-electron chi connectivity index (χ0n) is 15.0. The van der Waals surface area contributed by atoms with Gasteiger partial charge in [0.1, 0.15) is 0 Å². The lowest BCUT2D eigenvalue weighted by Crippen LogP contribution is -2.47. The topological polar surface area (TPSA) is 53.5 Å². The monoisotopic (exact) mass is 349 g/mol. The molecule has 2 aromatic rings. The van der Waals surface area contributed by atoms with Crippen molar-refractivity contribution in [1.29, 1.82) is 0 Å². The molecule has 3 aliphatic rings. The summed E-state index contributed by atoms with van der Waals surface area (Å²) in [5.41, 5.74) is 2.72. The summed E-state index contributed by atoms with van der Waals surface area (Å²) >= 11 is 0. The summed E-state index contributed by atoms with van der Waals surface area (Å²) in [6.45, 7) is 3.64. The average molecular weight is 349 g/mol. The van der Waals surface area contributed by atoms with Crippen molar-refractivity contribution in [1.82, 2.24) is 14.8 Å². The molecule has 26 heavy (non-hydrogen) atoms. The van der Waals surface area contributed by atoms with Crippen LogP contribution < -0.4 is 0 Å². The first kappa shape index (κ1) is 16.8. The molecule has 3 fully saturated rings. The van der Waals surface area contributed by atoms with Crippen LogP contribution in [0.1, 0.15) is 34.5 Å². The van der Waals surface area contributed by atoms with Gasteiger partial charge in [-0.3, -0.25) is 14.6 Å². The molecule has 0 spiro atoms. The Balaban J connectivity index is 1.54. The number of fused-ring (bicyclic) bond motifs is 4. The van der Waals surface area contributed by atoms with E-state index in [-0.39, 0.29) is 23.8 Å². The fraction of sp³-hybridized carbons (Fsp3) is 0.381. The SMILES string of the molecule is Cc1ccc(C(=O)N2C[C@@H]3CC[C@H](C2)N(Cc2ccccn2)C3=O)cc1. The number of hydrogen-bond donors (Lipinski definition) is 0. The Bertz CT molecular complexity index is 804. The summed E-state index contributed by atoms with van der Waals surface area (Å²) in [6, 6.07) is 13.5. The van der Waals surface area contributed by atoms with E-state index >= 15 is 0 Å². The minimum atomic E-state index is -0.105. The maximum Gasteiger partial charge on any atom is 0.253 e. The van der Waals surface area contributed by atoms with E-state index in [1.54, 1.807) is 6.20 Å². The molecule has 0 aliphatic carbocycles. The second kappa shape index (κ2) is 6.90. The molecule has 5 heteroatoms. The van der Waals surface area contributed by atoms with E-state index in [1.165, 1.54) is 0 Å². The second-order valence-electron chi connectivity index (χ2n) is 7.29. The minimum absolute atomic E-state index is 0.0226. The number of pyridine rings is 1. The Labute approximate surface area is 153 Å². The summed E-state index contributed by atoms with van der Waals surface area (Å²) in [4.78, 5) is 34.0. The van der Waals surface area contributed by atoms with Crippen LogP contribution >= 0.6 is 0 Å². The highest BCUT2D eigenvalue weighted by Crippen LogP contribution is 2.30. The van der Waals surface area contributed by atoms with E-state index in [0.29, 0.717) is 25.2 Å². The zero-order valence-corrected chi connectivity index (χ0v) is 15.0. The number of carbonyl (C=O) groups excluding carboxylic acids is 2. The normalized spacial score (nSPS) is 22.4. The standard InChI is InChI=1S/C21H23N3O2/c1-15-5-7-16(8-6-15)20(25)23-12-17-9-10-19(14-23)24(21(17)26)13-18-4-2-3-11-22-18/h2-8,11,17,19H,9-10,12-14H2,1H3/t17-,19+/m0/s1. The van der Waals surface area contributed by atoms with Crippen LogP contribution in [-0.4, -0.2) is 45.7 Å². The summed E-state index contributed by atoms with van der Waals surface area (Å²) < 4.78 is 0. The summed E-state index contributed by atoms with van der Waals surface area (Å²) in [7, 11) is 0. The van der Waals surface area contributed by atoms with Gasteiger partial charge in [-0.15, -0.1) is 0 Å². The van der Waals surface area contributed by atoms with E-state index in [4.69, 9.17) is 0 Å². The number of carbonyl (C=O) groups is 2. The molecule has 3 saturated heterocycles. The Hall–Kier alpha value is -2.69. The lowest BCUT2D eigenvalue weighted by atomic mass is 9.94. The van der Waals surface area contributed by atoms with Crippen LogP contribution in [0.2, 0.25) is 0 Å². The highest BCUT2D eigenvalue weighted by Gasteiger charge is 2.42. The second-order valence-corrected chi connectivity index (χ2v) is 7.29. The smallest absolute Gasteiger partial charge is 0.253 e. The van der Waals surface area contributed by atoms with Gasteiger partial charge in [0.25, 0.3) is 5.91 Å². The highest BCUT2D eigenvalue weighted by molar-refractivity contribution is 5.95. The van der Waals surface area contributed by atoms with Crippen LogP contribution in [0.4, 0.5) is 0 Å². The fourth-order valence-corrected chi connectivity index (χ4v) is 3.96. The molecule has 0 unspecified atom stereocenters. The van der Waals surface area contributed by atoms with Crippen molar-refractivity contribution in [2.45, 2.75) is 32.4 Å². The predicted octanol–water partition coefficient (Wildman–Crippen LogP) is 2.65. The van der Waals surface area contributed by atoms with Gasteiger partial charge in [-0.2, -0.15) is 0 Å².